The van der Waals surface area contributed by atoms with E-state index in [4.69, 9.17) is 4.74 Å². The highest BCUT2D eigenvalue weighted by Crippen LogP contribution is 2.42. The summed E-state index contributed by atoms with van der Waals surface area (Å²) in [6, 6.07) is 12.2. The first-order valence-electron chi connectivity index (χ1n) is 10.3. The van der Waals surface area contributed by atoms with E-state index in [1.54, 1.807) is 17.3 Å². The zero-order valence-corrected chi connectivity index (χ0v) is 16.7. The third kappa shape index (κ3) is 3.13. The van der Waals surface area contributed by atoms with Crippen LogP contribution in [-0.4, -0.2) is 51.8 Å². The number of carbonyl (C=O) groups is 1. The molecule has 1 aliphatic heterocycles. The Hall–Kier alpha value is -2.93. The van der Waals surface area contributed by atoms with E-state index < -0.39 is 11.9 Å². The first-order chi connectivity index (χ1) is 14.5. The Kier molecular flexibility index (Phi) is 4.70. The summed E-state index contributed by atoms with van der Waals surface area (Å²) in [5.41, 5.74) is 2.25. The van der Waals surface area contributed by atoms with Crippen molar-refractivity contribution in [2.45, 2.75) is 25.0 Å². The van der Waals surface area contributed by atoms with Gasteiger partial charge in [-0.3, -0.25) is 4.79 Å². The number of imidazole rings is 1. The number of aromatic nitrogens is 2. The van der Waals surface area contributed by atoms with E-state index in [9.17, 15) is 14.3 Å². The molecule has 1 saturated carbocycles. The third-order valence-corrected chi connectivity index (χ3v) is 6.63. The number of hydrogen-bond acceptors (Lipinski definition) is 4. The normalized spacial score (nSPS) is 26.0. The molecule has 6 nitrogen and oxygen atoms in total. The molecule has 0 spiro atoms. The van der Waals surface area contributed by atoms with Crippen LogP contribution in [-0.2, 0) is 0 Å². The van der Waals surface area contributed by atoms with Crippen molar-refractivity contribution in [3.63, 3.8) is 0 Å². The summed E-state index contributed by atoms with van der Waals surface area (Å²) in [5, 5.41) is 10.9. The van der Waals surface area contributed by atoms with Gasteiger partial charge < -0.3 is 19.3 Å². The van der Waals surface area contributed by atoms with Crippen LogP contribution in [0.15, 0.2) is 48.8 Å². The third-order valence-electron chi connectivity index (χ3n) is 6.63. The van der Waals surface area contributed by atoms with Crippen molar-refractivity contribution in [3.05, 3.63) is 60.2 Å². The van der Waals surface area contributed by atoms with Crippen LogP contribution in [0.4, 0.5) is 4.39 Å². The zero-order valence-electron chi connectivity index (χ0n) is 16.7. The van der Waals surface area contributed by atoms with E-state index in [2.05, 4.69) is 9.55 Å². The average molecular weight is 409 g/mol. The van der Waals surface area contributed by atoms with E-state index in [1.807, 2.05) is 24.3 Å². The van der Waals surface area contributed by atoms with Crippen LogP contribution in [0.25, 0.3) is 11.0 Å². The van der Waals surface area contributed by atoms with Crippen LogP contribution < -0.4 is 4.74 Å². The molecule has 1 aromatic heterocycles. The van der Waals surface area contributed by atoms with Gasteiger partial charge in [-0.25, -0.2) is 9.37 Å². The first-order valence-corrected chi connectivity index (χ1v) is 10.3. The van der Waals surface area contributed by atoms with Gasteiger partial charge in [0.05, 0.1) is 36.6 Å². The maximum absolute atomic E-state index is 14.0. The van der Waals surface area contributed by atoms with Gasteiger partial charge >= 0.3 is 0 Å². The fraction of sp³-hybridized carbons (Fsp3) is 0.391. The quantitative estimate of drug-likeness (QED) is 0.721. The smallest absolute Gasteiger partial charge is 0.253 e. The Morgan fingerprint density at radius 3 is 2.70 bits per heavy atom. The van der Waals surface area contributed by atoms with Crippen molar-refractivity contribution in [2.75, 3.05) is 20.2 Å². The molecule has 30 heavy (non-hydrogen) atoms. The number of methoxy groups -OCH3 is 1. The highest BCUT2D eigenvalue weighted by Gasteiger charge is 2.44. The van der Waals surface area contributed by atoms with Crippen molar-refractivity contribution in [1.82, 2.24) is 14.5 Å². The Morgan fingerprint density at radius 1 is 1.17 bits per heavy atom. The SMILES string of the molecule is COc1ccc(C(=O)N2C[C@H]3C[C@@H](n4cnc5ccccc54)[C@H](O)C[C@H]3C2)cc1F. The number of ether oxygens (including phenoxy) is 1. The molecule has 156 valence electrons. The van der Waals surface area contributed by atoms with E-state index >= 15 is 0 Å². The van der Waals surface area contributed by atoms with Crippen LogP contribution >= 0.6 is 0 Å². The maximum atomic E-state index is 14.0. The molecular formula is C23H24FN3O3. The molecule has 0 radical (unpaired) electrons. The van der Waals surface area contributed by atoms with E-state index in [-0.39, 0.29) is 23.6 Å². The monoisotopic (exact) mass is 409 g/mol. The highest BCUT2D eigenvalue weighted by molar-refractivity contribution is 5.94. The molecule has 1 N–H and O–H groups in total. The number of halogens is 1. The number of para-hydroxylation sites is 2. The van der Waals surface area contributed by atoms with Crippen molar-refractivity contribution in [1.29, 1.82) is 0 Å². The predicted molar refractivity (Wildman–Crippen MR) is 110 cm³/mol. The minimum Gasteiger partial charge on any atom is -0.494 e. The molecule has 1 saturated heterocycles. The molecule has 5 rings (SSSR count). The van der Waals surface area contributed by atoms with Crippen molar-refractivity contribution in [2.24, 2.45) is 11.8 Å². The summed E-state index contributed by atoms with van der Waals surface area (Å²) >= 11 is 0. The molecule has 2 heterocycles. The second-order valence-corrected chi connectivity index (χ2v) is 8.33. The summed E-state index contributed by atoms with van der Waals surface area (Å²) in [6.45, 7) is 1.21. The lowest BCUT2D eigenvalue weighted by Gasteiger charge is -2.36. The van der Waals surface area contributed by atoms with Crippen LogP contribution in [0.1, 0.15) is 29.2 Å². The molecule has 1 amide bonds. The fourth-order valence-electron chi connectivity index (χ4n) is 5.10. The largest absolute Gasteiger partial charge is 0.494 e. The number of rotatable bonds is 3. The predicted octanol–water partition coefficient (Wildman–Crippen LogP) is 3.27. The van der Waals surface area contributed by atoms with Gasteiger partial charge in [0.25, 0.3) is 5.91 Å². The molecule has 2 aliphatic rings. The number of aliphatic hydroxyl groups excluding tert-OH is 1. The lowest BCUT2D eigenvalue weighted by molar-refractivity contribution is 0.0374. The zero-order chi connectivity index (χ0) is 20.8. The van der Waals surface area contributed by atoms with Gasteiger partial charge in [0, 0.05) is 18.7 Å². The van der Waals surface area contributed by atoms with Crippen LogP contribution in [0.2, 0.25) is 0 Å². The van der Waals surface area contributed by atoms with Crippen LogP contribution in [0, 0.1) is 17.7 Å². The summed E-state index contributed by atoms with van der Waals surface area (Å²) in [6.07, 6.45) is 2.74. The number of amides is 1. The molecular weight excluding hydrogens is 385 g/mol. The van der Waals surface area contributed by atoms with Gasteiger partial charge in [0.2, 0.25) is 0 Å². The minimum atomic E-state index is -0.539. The number of hydrogen-bond donors (Lipinski definition) is 1. The van der Waals surface area contributed by atoms with Crippen molar-refractivity contribution in [3.8, 4) is 5.75 Å². The second-order valence-electron chi connectivity index (χ2n) is 8.33. The maximum Gasteiger partial charge on any atom is 0.253 e. The lowest BCUT2D eigenvalue weighted by Crippen LogP contribution is -2.36. The number of fused-ring (bicyclic) bond motifs is 2. The first kappa shape index (κ1) is 19.1. The summed E-state index contributed by atoms with van der Waals surface area (Å²) in [7, 11) is 1.40. The molecule has 7 heteroatoms. The summed E-state index contributed by atoms with van der Waals surface area (Å²) in [5.74, 6) is -0.0441. The molecule has 0 bridgehead atoms. The Bertz CT molecular complexity index is 1100. The highest BCUT2D eigenvalue weighted by atomic mass is 19.1. The standard InChI is InChI=1S/C23H24FN3O3/c1-30-22-7-6-14(8-17(22)24)23(29)26-11-15-9-20(21(28)10-16(15)12-26)27-13-25-18-4-2-3-5-19(18)27/h2-8,13,15-16,20-21,28H,9-12H2,1H3/t15-,16+,20-,21-/m1/s1. The minimum absolute atomic E-state index is 0.0628. The molecule has 4 atom stereocenters. The fourth-order valence-corrected chi connectivity index (χ4v) is 5.10. The Labute approximate surface area is 173 Å². The molecule has 2 aromatic carbocycles. The average Bonchev–Trinajstić information content (AvgIpc) is 3.36. The van der Waals surface area contributed by atoms with Crippen LogP contribution in [0.3, 0.4) is 0 Å². The van der Waals surface area contributed by atoms with Crippen molar-refractivity contribution >= 4 is 16.9 Å². The van der Waals surface area contributed by atoms with Gasteiger partial charge in [-0.2, -0.15) is 0 Å². The van der Waals surface area contributed by atoms with E-state index in [0.717, 1.165) is 17.5 Å². The summed E-state index contributed by atoms with van der Waals surface area (Å²) in [4.78, 5) is 19.2. The van der Waals surface area contributed by atoms with Gasteiger partial charge in [-0.05, 0) is 55.0 Å². The number of benzene rings is 2. The summed E-state index contributed by atoms with van der Waals surface area (Å²) < 4.78 is 21.0. The van der Waals surface area contributed by atoms with Gasteiger partial charge in [-0.1, -0.05) is 12.1 Å². The number of aliphatic hydroxyl groups is 1. The molecule has 2 fully saturated rings. The molecule has 1 aliphatic carbocycles. The van der Waals surface area contributed by atoms with Gasteiger partial charge in [-0.15, -0.1) is 0 Å². The Morgan fingerprint density at radius 2 is 1.93 bits per heavy atom. The van der Waals surface area contributed by atoms with Crippen LogP contribution in [0.5, 0.6) is 5.75 Å². The topological polar surface area (TPSA) is 67.6 Å². The number of nitrogens with zero attached hydrogens (tertiary/aromatic N) is 3. The molecule has 3 aromatic rings. The molecule has 0 unspecified atom stereocenters. The number of likely N-dealkylation sites (tertiary alicyclic amines) is 1. The van der Waals surface area contributed by atoms with Gasteiger partial charge in [0.1, 0.15) is 0 Å². The number of carbonyl (C=O) groups excluding carboxylic acids is 1. The second kappa shape index (κ2) is 7.40. The van der Waals surface area contributed by atoms with E-state index in [1.165, 1.54) is 19.2 Å². The Balaban J connectivity index is 1.34. The lowest BCUT2D eigenvalue weighted by atomic mass is 9.77. The van der Waals surface area contributed by atoms with Gasteiger partial charge in [0.15, 0.2) is 11.6 Å². The van der Waals surface area contributed by atoms with Crippen molar-refractivity contribution < 1.29 is 19.0 Å². The van der Waals surface area contributed by atoms with E-state index in [0.29, 0.717) is 31.0 Å².